The number of benzene rings is 1. The Bertz CT molecular complexity index is 444. The molecule has 0 spiro atoms. The van der Waals surface area contributed by atoms with Crippen molar-refractivity contribution in [2.24, 2.45) is 0 Å². The van der Waals surface area contributed by atoms with Crippen molar-refractivity contribution >= 4 is 17.3 Å². The topological polar surface area (TPSA) is 64.7 Å². The van der Waals surface area contributed by atoms with Crippen LogP contribution in [-0.2, 0) is 0 Å². The third-order valence-electron chi connectivity index (χ3n) is 1.75. The lowest BCUT2D eigenvalue weighted by Crippen LogP contribution is -1.94. The zero-order valence-electron chi connectivity index (χ0n) is 7.18. The molecule has 2 rings (SSSR count). The van der Waals surface area contributed by atoms with E-state index in [-0.39, 0.29) is 0 Å². The number of nitrogens with zero attached hydrogens (tertiary/aromatic N) is 3. The molecule has 2 N–H and O–H groups in total. The fourth-order valence-corrected chi connectivity index (χ4v) is 1.30. The van der Waals surface area contributed by atoms with Gasteiger partial charge >= 0.3 is 0 Å². The maximum absolute atomic E-state index is 5.77. The van der Waals surface area contributed by atoms with Crippen molar-refractivity contribution in [3.63, 3.8) is 0 Å². The molecule has 2 aromatic rings. The van der Waals surface area contributed by atoms with Gasteiger partial charge in [0, 0.05) is 16.3 Å². The van der Waals surface area contributed by atoms with Crippen LogP contribution in [-0.4, -0.2) is 15.0 Å². The number of anilines is 1. The van der Waals surface area contributed by atoms with Crippen LogP contribution in [0.2, 0.25) is 5.02 Å². The van der Waals surface area contributed by atoms with E-state index in [1.807, 2.05) is 0 Å². The van der Waals surface area contributed by atoms with Crippen LogP contribution in [0, 0.1) is 0 Å². The second-order valence-electron chi connectivity index (χ2n) is 2.69. The molecule has 0 unspecified atom stereocenters. The SMILES string of the molecule is Nc1cc(Cl)ccc1-c1ncncn1. The van der Waals surface area contributed by atoms with Crippen molar-refractivity contribution in [2.45, 2.75) is 0 Å². The van der Waals surface area contributed by atoms with Crippen LogP contribution in [0.15, 0.2) is 30.9 Å². The van der Waals surface area contributed by atoms with Gasteiger partial charge in [0.1, 0.15) is 12.7 Å². The van der Waals surface area contributed by atoms with E-state index < -0.39 is 0 Å². The summed E-state index contributed by atoms with van der Waals surface area (Å²) in [7, 11) is 0. The molecule has 4 nitrogen and oxygen atoms in total. The first kappa shape index (κ1) is 8.90. The van der Waals surface area contributed by atoms with Gasteiger partial charge in [0.05, 0.1) is 0 Å². The smallest absolute Gasteiger partial charge is 0.164 e. The van der Waals surface area contributed by atoms with Gasteiger partial charge in [-0.05, 0) is 18.2 Å². The standard InChI is InChI=1S/C9H7ClN4/c10-6-1-2-7(8(11)3-6)9-13-4-12-5-14-9/h1-5H,11H2. The molecule has 1 heterocycles. The Hall–Kier alpha value is -1.68. The second-order valence-corrected chi connectivity index (χ2v) is 3.13. The van der Waals surface area contributed by atoms with Gasteiger partial charge in [0.15, 0.2) is 5.82 Å². The van der Waals surface area contributed by atoms with Crippen molar-refractivity contribution in [3.05, 3.63) is 35.9 Å². The average molecular weight is 207 g/mol. The number of halogens is 1. The summed E-state index contributed by atoms with van der Waals surface area (Å²) in [4.78, 5) is 11.7. The predicted octanol–water partition coefficient (Wildman–Crippen LogP) is 1.77. The lowest BCUT2D eigenvalue weighted by molar-refractivity contribution is 1.06. The highest BCUT2D eigenvalue weighted by Crippen LogP contribution is 2.24. The normalized spacial score (nSPS) is 10.1. The third-order valence-corrected chi connectivity index (χ3v) is 1.98. The van der Waals surface area contributed by atoms with Gasteiger partial charge in [-0.2, -0.15) is 0 Å². The second kappa shape index (κ2) is 3.59. The minimum atomic E-state index is 0.550. The molecule has 5 heteroatoms. The lowest BCUT2D eigenvalue weighted by atomic mass is 10.2. The van der Waals surface area contributed by atoms with E-state index in [1.165, 1.54) is 12.7 Å². The van der Waals surface area contributed by atoms with E-state index in [0.29, 0.717) is 16.5 Å². The Morgan fingerprint density at radius 2 is 1.86 bits per heavy atom. The van der Waals surface area contributed by atoms with Crippen LogP contribution in [0.1, 0.15) is 0 Å². The van der Waals surface area contributed by atoms with Gasteiger partial charge in [0.25, 0.3) is 0 Å². The maximum Gasteiger partial charge on any atom is 0.164 e. The zero-order valence-corrected chi connectivity index (χ0v) is 7.94. The van der Waals surface area contributed by atoms with E-state index in [9.17, 15) is 0 Å². The van der Waals surface area contributed by atoms with Gasteiger partial charge in [-0.3, -0.25) is 0 Å². The van der Waals surface area contributed by atoms with Crippen LogP contribution in [0.25, 0.3) is 11.4 Å². The van der Waals surface area contributed by atoms with Crippen LogP contribution in [0.4, 0.5) is 5.69 Å². The van der Waals surface area contributed by atoms with Crippen molar-refractivity contribution in [3.8, 4) is 11.4 Å². The minimum Gasteiger partial charge on any atom is -0.398 e. The molecule has 0 amide bonds. The molecule has 0 saturated heterocycles. The first-order valence-corrected chi connectivity index (χ1v) is 4.32. The molecule has 0 bridgehead atoms. The van der Waals surface area contributed by atoms with Crippen LogP contribution >= 0.6 is 11.6 Å². The molecule has 1 aromatic carbocycles. The largest absolute Gasteiger partial charge is 0.398 e. The molecule has 1 aromatic heterocycles. The monoisotopic (exact) mass is 206 g/mol. The van der Waals surface area contributed by atoms with E-state index >= 15 is 0 Å². The molecule has 14 heavy (non-hydrogen) atoms. The molecule has 0 aliphatic rings. The van der Waals surface area contributed by atoms with Gasteiger partial charge in [-0.1, -0.05) is 11.6 Å². The Morgan fingerprint density at radius 1 is 1.14 bits per heavy atom. The lowest BCUT2D eigenvalue weighted by Gasteiger charge is -2.03. The minimum absolute atomic E-state index is 0.550. The molecular formula is C9H7ClN4. The molecule has 0 atom stereocenters. The number of nitrogen functional groups attached to an aromatic ring is 1. The summed E-state index contributed by atoms with van der Waals surface area (Å²) in [5.41, 5.74) is 7.09. The molecule has 0 radical (unpaired) electrons. The summed E-state index contributed by atoms with van der Waals surface area (Å²) >= 11 is 5.77. The third kappa shape index (κ3) is 1.65. The molecule has 70 valence electrons. The molecule has 0 fully saturated rings. The van der Waals surface area contributed by atoms with Crippen molar-refractivity contribution < 1.29 is 0 Å². The summed E-state index contributed by atoms with van der Waals surface area (Å²) in [5.74, 6) is 0.550. The first-order valence-electron chi connectivity index (χ1n) is 3.95. The Kier molecular flexibility index (Phi) is 2.28. The summed E-state index contributed by atoms with van der Waals surface area (Å²) < 4.78 is 0. The Labute approximate surface area is 85.8 Å². The summed E-state index contributed by atoms with van der Waals surface area (Å²) in [6.45, 7) is 0. The number of hydrogen-bond donors (Lipinski definition) is 1. The number of rotatable bonds is 1. The number of aromatic nitrogens is 3. The average Bonchev–Trinajstić information content (AvgIpc) is 2.19. The summed E-state index contributed by atoms with van der Waals surface area (Å²) in [6, 6.07) is 5.20. The molecular weight excluding hydrogens is 200 g/mol. The maximum atomic E-state index is 5.77. The quantitative estimate of drug-likeness (QED) is 0.723. The number of nitrogens with two attached hydrogens (primary N) is 1. The highest BCUT2D eigenvalue weighted by molar-refractivity contribution is 6.31. The van der Waals surface area contributed by atoms with Gasteiger partial charge in [-0.25, -0.2) is 15.0 Å². The van der Waals surface area contributed by atoms with Gasteiger partial charge in [-0.15, -0.1) is 0 Å². The summed E-state index contributed by atoms with van der Waals surface area (Å²) in [6.07, 6.45) is 2.85. The number of hydrogen-bond acceptors (Lipinski definition) is 4. The van der Waals surface area contributed by atoms with Crippen LogP contribution in [0.3, 0.4) is 0 Å². The van der Waals surface area contributed by atoms with Crippen LogP contribution < -0.4 is 5.73 Å². The van der Waals surface area contributed by atoms with E-state index in [2.05, 4.69) is 15.0 Å². The van der Waals surface area contributed by atoms with Crippen molar-refractivity contribution in [2.75, 3.05) is 5.73 Å². The van der Waals surface area contributed by atoms with Crippen molar-refractivity contribution in [1.29, 1.82) is 0 Å². The van der Waals surface area contributed by atoms with Gasteiger partial charge < -0.3 is 5.73 Å². The fraction of sp³-hybridized carbons (Fsp3) is 0. The zero-order chi connectivity index (χ0) is 9.97. The molecule has 0 saturated carbocycles. The fourth-order valence-electron chi connectivity index (χ4n) is 1.12. The van der Waals surface area contributed by atoms with E-state index in [1.54, 1.807) is 18.2 Å². The highest BCUT2D eigenvalue weighted by atomic mass is 35.5. The predicted molar refractivity (Wildman–Crippen MR) is 54.7 cm³/mol. The molecule has 0 aliphatic heterocycles. The Balaban J connectivity index is 2.53. The van der Waals surface area contributed by atoms with E-state index in [4.69, 9.17) is 17.3 Å². The van der Waals surface area contributed by atoms with E-state index in [0.717, 1.165) is 5.56 Å². The van der Waals surface area contributed by atoms with Crippen LogP contribution in [0.5, 0.6) is 0 Å². The van der Waals surface area contributed by atoms with Crippen molar-refractivity contribution in [1.82, 2.24) is 15.0 Å². The van der Waals surface area contributed by atoms with Gasteiger partial charge in [0.2, 0.25) is 0 Å². The summed E-state index contributed by atoms with van der Waals surface area (Å²) in [5, 5.41) is 0.598. The first-order chi connectivity index (χ1) is 6.77. The highest BCUT2D eigenvalue weighted by Gasteiger charge is 2.04. The molecule has 0 aliphatic carbocycles. The Morgan fingerprint density at radius 3 is 2.50 bits per heavy atom.